The minimum Gasteiger partial charge on any atom is -0.282 e. The summed E-state index contributed by atoms with van der Waals surface area (Å²) in [5, 5.41) is 7.11. The van der Waals surface area contributed by atoms with E-state index in [9.17, 15) is 8.78 Å². The molecule has 1 N–H and O–H groups in total. The Balaban J connectivity index is 2.22. The lowest BCUT2D eigenvalue weighted by Crippen LogP contribution is -1.89. The van der Waals surface area contributed by atoms with E-state index >= 15 is 0 Å². The van der Waals surface area contributed by atoms with Gasteiger partial charge in [-0.05, 0) is 19.1 Å². The minimum atomic E-state index is -0.591. The van der Waals surface area contributed by atoms with Crippen LogP contribution in [0.15, 0.2) is 48.5 Å². The van der Waals surface area contributed by atoms with Crippen molar-refractivity contribution >= 4 is 0 Å². The van der Waals surface area contributed by atoms with Crippen LogP contribution in [0.1, 0.15) is 5.69 Å². The third kappa shape index (κ3) is 2.09. The number of halogens is 2. The van der Waals surface area contributed by atoms with Crippen molar-refractivity contribution in [3.63, 3.8) is 0 Å². The Kier molecular flexibility index (Phi) is 3.06. The highest BCUT2D eigenvalue weighted by Crippen LogP contribution is 2.34. The summed E-state index contributed by atoms with van der Waals surface area (Å²) >= 11 is 0. The minimum absolute atomic E-state index is 0.344. The van der Waals surface area contributed by atoms with Crippen molar-refractivity contribution in [1.29, 1.82) is 0 Å². The number of nitrogens with zero attached hydrogens (tertiary/aromatic N) is 1. The Morgan fingerprint density at radius 2 is 1.75 bits per heavy atom. The van der Waals surface area contributed by atoms with Gasteiger partial charge in [0.2, 0.25) is 0 Å². The van der Waals surface area contributed by atoms with Crippen molar-refractivity contribution in [2.45, 2.75) is 6.92 Å². The highest BCUT2D eigenvalue weighted by atomic mass is 19.1. The van der Waals surface area contributed by atoms with E-state index in [1.807, 2.05) is 37.3 Å². The summed E-state index contributed by atoms with van der Waals surface area (Å²) in [7, 11) is 0. The fraction of sp³-hybridized carbons (Fsp3) is 0.0625. The van der Waals surface area contributed by atoms with Crippen molar-refractivity contribution < 1.29 is 8.78 Å². The zero-order valence-electron chi connectivity index (χ0n) is 10.8. The van der Waals surface area contributed by atoms with Gasteiger partial charge in [-0.2, -0.15) is 5.10 Å². The largest absolute Gasteiger partial charge is 0.282 e. The molecule has 2 aromatic carbocycles. The fourth-order valence-electron chi connectivity index (χ4n) is 2.26. The van der Waals surface area contributed by atoms with Gasteiger partial charge in [0.1, 0.15) is 17.3 Å². The van der Waals surface area contributed by atoms with E-state index in [4.69, 9.17) is 0 Å². The summed E-state index contributed by atoms with van der Waals surface area (Å²) in [6.07, 6.45) is 0. The quantitative estimate of drug-likeness (QED) is 0.737. The SMILES string of the molecule is Cc1[nH]nc(-c2ccccc2)c1-c1ccc(F)cc1F. The monoisotopic (exact) mass is 270 g/mol. The fourth-order valence-corrected chi connectivity index (χ4v) is 2.26. The summed E-state index contributed by atoms with van der Waals surface area (Å²) in [4.78, 5) is 0. The Morgan fingerprint density at radius 3 is 2.45 bits per heavy atom. The first-order valence-corrected chi connectivity index (χ1v) is 6.22. The molecule has 0 unspecified atom stereocenters. The van der Waals surface area contributed by atoms with Gasteiger partial charge < -0.3 is 0 Å². The highest BCUT2D eigenvalue weighted by Gasteiger charge is 2.17. The van der Waals surface area contributed by atoms with Crippen LogP contribution in [-0.2, 0) is 0 Å². The molecule has 0 spiro atoms. The highest BCUT2D eigenvalue weighted by molar-refractivity contribution is 5.82. The lowest BCUT2D eigenvalue weighted by atomic mass is 9.99. The lowest BCUT2D eigenvalue weighted by molar-refractivity contribution is 0.585. The number of benzene rings is 2. The van der Waals surface area contributed by atoms with E-state index in [0.717, 1.165) is 17.3 Å². The van der Waals surface area contributed by atoms with Crippen molar-refractivity contribution in [2.75, 3.05) is 0 Å². The molecule has 3 aromatic rings. The van der Waals surface area contributed by atoms with Gasteiger partial charge in [-0.25, -0.2) is 8.78 Å². The first-order chi connectivity index (χ1) is 9.66. The first-order valence-electron chi connectivity index (χ1n) is 6.22. The van der Waals surface area contributed by atoms with E-state index in [0.29, 0.717) is 16.8 Å². The molecule has 0 fully saturated rings. The second kappa shape index (κ2) is 4.89. The molecule has 0 amide bonds. The molecule has 4 heteroatoms. The Bertz CT molecular complexity index is 748. The number of hydrogen-bond acceptors (Lipinski definition) is 1. The molecule has 0 saturated heterocycles. The maximum absolute atomic E-state index is 14.0. The van der Waals surface area contributed by atoms with Gasteiger partial charge in [0, 0.05) is 28.5 Å². The predicted molar refractivity (Wildman–Crippen MR) is 74.1 cm³/mol. The molecule has 1 aromatic heterocycles. The Labute approximate surface area is 115 Å². The number of aromatic nitrogens is 2. The van der Waals surface area contributed by atoms with Gasteiger partial charge in [-0.3, -0.25) is 5.10 Å². The molecule has 0 radical (unpaired) electrons. The molecule has 3 rings (SSSR count). The number of rotatable bonds is 2. The van der Waals surface area contributed by atoms with Crippen LogP contribution >= 0.6 is 0 Å². The number of aromatic amines is 1. The molecule has 100 valence electrons. The van der Waals surface area contributed by atoms with Crippen molar-refractivity contribution in [2.24, 2.45) is 0 Å². The van der Waals surface area contributed by atoms with Gasteiger partial charge in [0.15, 0.2) is 0 Å². The molecule has 20 heavy (non-hydrogen) atoms. The van der Waals surface area contributed by atoms with E-state index in [1.165, 1.54) is 12.1 Å². The summed E-state index contributed by atoms with van der Waals surface area (Å²) in [6, 6.07) is 13.1. The Morgan fingerprint density at radius 1 is 1.00 bits per heavy atom. The van der Waals surface area contributed by atoms with Crippen LogP contribution in [0.4, 0.5) is 8.78 Å². The average Bonchev–Trinajstić information content (AvgIpc) is 2.82. The van der Waals surface area contributed by atoms with Crippen LogP contribution in [0.3, 0.4) is 0 Å². The van der Waals surface area contributed by atoms with Crippen LogP contribution in [0.2, 0.25) is 0 Å². The van der Waals surface area contributed by atoms with Gasteiger partial charge in [-0.1, -0.05) is 30.3 Å². The second-order valence-corrected chi connectivity index (χ2v) is 4.56. The van der Waals surface area contributed by atoms with Crippen molar-refractivity contribution in [3.8, 4) is 22.4 Å². The summed E-state index contributed by atoms with van der Waals surface area (Å²) in [5.74, 6) is -1.18. The van der Waals surface area contributed by atoms with Crippen LogP contribution in [0.5, 0.6) is 0 Å². The topological polar surface area (TPSA) is 28.7 Å². The number of aryl methyl sites for hydroxylation is 1. The molecular formula is C16H12F2N2. The molecule has 0 atom stereocenters. The average molecular weight is 270 g/mol. The first kappa shape index (κ1) is 12.5. The van der Waals surface area contributed by atoms with Gasteiger partial charge >= 0.3 is 0 Å². The summed E-state index contributed by atoms with van der Waals surface area (Å²) in [5.41, 5.74) is 3.30. The van der Waals surface area contributed by atoms with E-state index in [1.54, 1.807) is 0 Å². The molecule has 2 nitrogen and oxygen atoms in total. The van der Waals surface area contributed by atoms with Crippen LogP contribution in [0.25, 0.3) is 22.4 Å². The van der Waals surface area contributed by atoms with Gasteiger partial charge in [-0.15, -0.1) is 0 Å². The summed E-state index contributed by atoms with van der Waals surface area (Å²) < 4.78 is 27.1. The molecule has 0 bridgehead atoms. The normalized spacial score (nSPS) is 10.8. The standard InChI is InChI=1S/C16H12F2N2/c1-10-15(13-8-7-12(17)9-14(13)18)16(20-19-10)11-5-3-2-4-6-11/h2-9H,1H3,(H,19,20). The number of hydrogen-bond donors (Lipinski definition) is 1. The number of nitrogens with one attached hydrogen (secondary N) is 1. The van der Waals surface area contributed by atoms with Crippen LogP contribution in [0, 0.1) is 18.6 Å². The van der Waals surface area contributed by atoms with Crippen molar-refractivity contribution in [1.82, 2.24) is 10.2 Å². The van der Waals surface area contributed by atoms with Gasteiger partial charge in [0.05, 0.1) is 0 Å². The lowest BCUT2D eigenvalue weighted by Gasteiger charge is -2.06. The van der Waals surface area contributed by atoms with Gasteiger partial charge in [0.25, 0.3) is 0 Å². The third-order valence-electron chi connectivity index (χ3n) is 3.19. The Hall–Kier alpha value is -2.49. The zero-order chi connectivity index (χ0) is 14.1. The second-order valence-electron chi connectivity index (χ2n) is 4.56. The maximum atomic E-state index is 14.0. The summed E-state index contributed by atoms with van der Waals surface area (Å²) in [6.45, 7) is 1.82. The molecule has 0 aliphatic heterocycles. The molecule has 1 heterocycles. The van der Waals surface area contributed by atoms with E-state index in [2.05, 4.69) is 10.2 Å². The zero-order valence-corrected chi connectivity index (χ0v) is 10.8. The van der Waals surface area contributed by atoms with E-state index < -0.39 is 11.6 Å². The predicted octanol–water partition coefficient (Wildman–Crippen LogP) is 4.33. The van der Waals surface area contributed by atoms with Crippen LogP contribution < -0.4 is 0 Å². The van der Waals surface area contributed by atoms with Crippen molar-refractivity contribution in [3.05, 3.63) is 65.9 Å². The molecule has 0 aliphatic carbocycles. The number of H-pyrrole nitrogens is 1. The van der Waals surface area contributed by atoms with Crippen LogP contribution in [-0.4, -0.2) is 10.2 Å². The molecule has 0 saturated carbocycles. The third-order valence-corrected chi connectivity index (χ3v) is 3.19. The maximum Gasteiger partial charge on any atom is 0.134 e. The molecule has 0 aliphatic rings. The molecular weight excluding hydrogens is 258 g/mol. The van der Waals surface area contributed by atoms with E-state index in [-0.39, 0.29) is 0 Å². The smallest absolute Gasteiger partial charge is 0.134 e.